The fourth-order valence-electron chi connectivity index (χ4n) is 4.94. The first kappa shape index (κ1) is 22.8. The van der Waals surface area contributed by atoms with Crippen molar-refractivity contribution in [2.24, 2.45) is 0 Å². The highest BCUT2D eigenvalue weighted by Crippen LogP contribution is 2.41. The third kappa shape index (κ3) is 4.08. The molecule has 1 aromatic carbocycles. The summed E-state index contributed by atoms with van der Waals surface area (Å²) in [6.07, 6.45) is 5.89. The van der Waals surface area contributed by atoms with E-state index in [0.717, 1.165) is 42.5 Å². The number of amides is 1. The minimum absolute atomic E-state index is 0.0325. The van der Waals surface area contributed by atoms with Gasteiger partial charge in [-0.2, -0.15) is 10.4 Å². The number of benzene rings is 1. The number of hydrogen-bond donors (Lipinski definition) is 4. The lowest BCUT2D eigenvalue weighted by atomic mass is 9.83. The summed E-state index contributed by atoms with van der Waals surface area (Å²) >= 11 is 0. The van der Waals surface area contributed by atoms with Gasteiger partial charge in [-0.3, -0.25) is 9.48 Å². The van der Waals surface area contributed by atoms with E-state index in [0.29, 0.717) is 35.3 Å². The Labute approximate surface area is 203 Å². The van der Waals surface area contributed by atoms with Crippen LogP contribution in [0.5, 0.6) is 0 Å². The van der Waals surface area contributed by atoms with Gasteiger partial charge in [0.15, 0.2) is 5.82 Å². The van der Waals surface area contributed by atoms with Crippen LogP contribution in [-0.4, -0.2) is 51.0 Å². The quantitative estimate of drug-likeness (QED) is 0.429. The Balaban J connectivity index is 1.48. The van der Waals surface area contributed by atoms with Gasteiger partial charge in [0, 0.05) is 36.8 Å². The molecule has 10 heteroatoms. The number of fused-ring (bicyclic) bond motifs is 1. The van der Waals surface area contributed by atoms with Crippen molar-refractivity contribution in [2.45, 2.75) is 44.1 Å². The molecule has 4 N–H and O–H groups in total. The van der Waals surface area contributed by atoms with Crippen LogP contribution >= 0.6 is 0 Å². The summed E-state index contributed by atoms with van der Waals surface area (Å²) in [6.45, 7) is 2.49. The molecule has 0 spiro atoms. The molecule has 1 atom stereocenters. The van der Waals surface area contributed by atoms with Crippen molar-refractivity contribution in [3.05, 3.63) is 47.3 Å². The van der Waals surface area contributed by atoms with Gasteiger partial charge in [0.2, 0.25) is 5.95 Å². The van der Waals surface area contributed by atoms with E-state index in [1.807, 2.05) is 13.0 Å². The van der Waals surface area contributed by atoms with Crippen molar-refractivity contribution in [3.63, 3.8) is 0 Å². The fourth-order valence-corrected chi connectivity index (χ4v) is 4.94. The molecule has 35 heavy (non-hydrogen) atoms. The van der Waals surface area contributed by atoms with Crippen LogP contribution in [0.3, 0.4) is 0 Å². The van der Waals surface area contributed by atoms with Crippen LogP contribution in [0.1, 0.15) is 60.3 Å². The predicted octanol–water partition coefficient (Wildman–Crippen LogP) is 3.11. The first-order valence-electron chi connectivity index (χ1n) is 11.8. The first-order chi connectivity index (χ1) is 17.0. The zero-order valence-electron chi connectivity index (χ0n) is 19.8. The van der Waals surface area contributed by atoms with E-state index in [4.69, 9.17) is 0 Å². The normalized spacial score (nSPS) is 19.1. The van der Waals surface area contributed by atoms with Crippen molar-refractivity contribution in [2.75, 3.05) is 30.8 Å². The van der Waals surface area contributed by atoms with Crippen molar-refractivity contribution in [1.82, 2.24) is 25.1 Å². The third-order valence-electron chi connectivity index (χ3n) is 6.97. The number of hydrogen-bond acceptors (Lipinski definition) is 8. The topological polar surface area (TPSA) is 141 Å². The van der Waals surface area contributed by atoms with Crippen molar-refractivity contribution in [3.8, 4) is 17.3 Å². The van der Waals surface area contributed by atoms with E-state index in [-0.39, 0.29) is 18.6 Å². The van der Waals surface area contributed by atoms with Crippen molar-refractivity contribution in [1.29, 1.82) is 5.26 Å². The van der Waals surface area contributed by atoms with Crippen molar-refractivity contribution < 1.29 is 9.90 Å². The van der Waals surface area contributed by atoms with Crippen LogP contribution < -0.4 is 16.0 Å². The number of carbonyl (C=O) groups excluding carboxylic acids is 1. The number of carbonyl (C=O) groups is 1. The molecular formula is C25H28N8O2. The van der Waals surface area contributed by atoms with Gasteiger partial charge >= 0.3 is 0 Å². The van der Waals surface area contributed by atoms with Gasteiger partial charge in [0.25, 0.3) is 5.91 Å². The maximum Gasteiger partial charge on any atom is 0.269 e. The molecule has 3 heterocycles. The summed E-state index contributed by atoms with van der Waals surface area (Å²) in [5, 5.41) is 33.4. The fraction of sp³-hybridized carbons (Fsp3) is 0.400. The standard InChI is InChI=1S/C25H28N8O2/c1-25(14-34)13-29-22-16(12-26)9-15(10-18(22)25)19-7-8-28-24(30-19)31-21-11-20(23(35)27-2)33(32-21)17-5-3-4-6-17/h7-11,17,29,34H,3-6,13-14H2,1-2H3,(H,27,35)(H,28,30,31,32)/t25-/m1/s1. The summed E-state index contributed by atoms with van der Waals surface area (Å²) in [7, 11) is 1.61. The summed E-state index contributed by atoms with van der Waals surface area (Å²) in [4.78, 5) is 21.4. The van der Waals surface area contributed by atoms with Gasteiger partial charge < -0.3 is 21.1 Å². The van der Waals surface area contributed by atoms with E-state index in [1.165, 1.54) is 0 Å². The minimum atomic E-state index is -0.478. The van der Waals surface area contributed by atoms with Gasteiger partial charge in [-0.1, -0.05) is 19.8 Å². The van der Waals surface area contributed by atoms with Crippen LogP contribution in [0, 0.1) is 11.3 Å². The van der Waals surface area contributed by atoms with Crippen molar-refractivity contribution >= 4 is 23.4 Å². The zero-order chi connectivity index (χ0) is 24.6. The highest BCUT2D eigenvalue weighted by atomic mass is 16.3. The summed E-state index contributed by atoms with van der Waals surface area (Å²) in [5.74, 6) is 0.648. The number of nitrogens with one attached hydrogen (secondary N) is 3. The van der Waals surface area contributed by atoms with E-state index >= 15 is 0 Å². The number of anilines is 3. The molecule has 1 aliphatic heterocycles. The SMILES string of the molecule is CNC(=O)c1cc(Nc2nccc(-c3cc(C#N)c4c(c3)[C@@](C)(CO)CN4)n2)nn1C1CCCC1. The number of aliphatic hydroxyl groups excluding tert-OH is 1. The second-order valence-corrected chi connectivity index (χ2v) is 9.40. The Morgan fingerprint density at radius 1 is 1.34 bits per heavy atom. The molecule has 1 amide bonds. The van der Waals surface area contributed by atoms with E-state index < -0.39 is 5.41 Å². The van der Waals surface area contributed by atoms with Gasteiger partial charge in [-0.15, -0.1) is 0 Å². The van der Waals surface area contributed by atoms with E-state index in [1.54, 1.807) is 36.1 Å². The average Bonchev–Trinajstić information content (AvgIpc) is 3.63. The molecule has 0 saturated heterocycles. The molecule has 0 radical (unpaired) electrons. The maximum atomic E-state index is 12.4. The minimum Gasteiger partial charge on any atom is -0.395 e. The molecule has 0 bridgehead atoms. The highest BCUT2D eigenvalue weighted by Gasteiger charge is 2.36. The second-order valence-electron chi connectivity index (χ2n) is 9.40. The maximum absolute atomic E-state index is 12.4. The van der Waals surface area contributed by atoms with Crippen LogP contribution in [0.4, 0.5) is 17.5 Å². The monoisotopic (exact) mass is 472 g/mol. The molecule has 1 saturated carbocycles. The van der Waals surface area contributed by atoms with Gasteiger partial charge in [0.1, 0.15) is 11.8 Å². The van der Waals surface area contributed by atoms with Gasteiger partial charge in [-0.05, 0) is 36.6 Å². The molecule has 10 nitrogen and oxygen atoms in total. The first-order valence-corrected chi connectivity index (χ1v) is 11.8. The number of aromatic nitrogens is 4. The smallest absolute Gasteiger partial charge is 0.269 e. The highest BCUT2D eigenvalue weighted by molar-refractivity contribution is 5.93. The van der Waals surface area contributed by atoms with Crippen LogP contribution in [0.15, 0.2) is 30.5 Å². The Morgan fingerprint density at radius 2 is 2.14 bits per heavy atom. The Morgan fingerprint density at radius 3 is 2.86 bits per heavy atom. The van der Waals surface area contributed by atoms with Crippen LogP contribution in [-0.2, 0) is 5.41 Å². The Kier molecular flexibility index (Phi) is 5.86. The molecular weight excluding hydrogens is 444 g/mol. The largest absolute Gasteiger partial charge is 0.395 e. The van der Waals surface area contributed by atoms with E-state index in [2.05, 4.69) is 37.1 Å². The summed E-state index contributed by atoms with van der Waals surface area (Å²) < 4.78 is 1.81. The lowest BCUT2D eigenvalue weighted by Crippen LogP contribution is -2.28. The van der Waals surface area contributed by atoms with Crippen LogP contribution in [0.25, 0.3) is 11.3 Å². The molecule has 1 fully saturated rings. The number of aliphatic hydroxyl groups is 1. The molecule has 3 aromatic rings. The Bertz CT molecular complexity index is 1320. The average molecular weight is 473 g/mol. The zero-order valence-corrected chi connectivity index (χ0v) is 19.8. The number of nitriles is 1. The lowest BCUT2D eigenvalue weighted by Gasteiger charge is -2.21. The Hall–Kier alpha value is -3.97. The lowest BCUT2D eigenvalue weighted by molar-refractivity contribution is 0.0949. The van der Waals surface area contributed by atoms with Gasteiger partial charge in [0.05, 0.1) is 29.6 Å². The summed E-state index contributed by atoms with van der Waals surface area (Å²) in [6, 6.07) is 9.71. The molecule has 2 aromatic heterocycles. The summed E-state index contributed by atoms with van der Waals surface area (Å²) in [5.41, 5.74) is 3.59. The molecule has 1 aliphatic carbocycles. The predicted molar refractivity (Wildman–Crippen MR) is 132 cm³/mol. The van der Waals surface area contributed by atoms with Crippen LogP contribution in [0.2, 0.25) is 0 Å². The van der Waals surface area contributed by atoms with Gasteiger partial charge in [-0.25, -0.2) is 9.97 Å². The third-order valence-corrected chi connectivity index (χ3v) is 6.97. The number of nitrogens with zero attached hydrogens (tertiary/aromatic N) is 5. The molecule has 180 valence electrons. The molecule has 0 unspecified atom stereocenters. The number of rotatable bonds is 6. The molecule has 2 aliphatic rings. The van der Waals surface area contributed by atoms with E-state index in [9.17, 15) is 15.2 Å². The second kappa shape index (κ2) is 9.00. The molecule has 5 rings (SSSR count).